The fourth-order valence-corrected chi connectivity index (χ4v) is 8.14. The summed E-state index contributed by atoms with van der Waals surface area (Å²) in [5.41, 5.74) is 6.55. The number of hydrogen-bond acceptors (Lipinski definition) is 5. The van der Waals surface area contributed by atoms with Gasteiger partial charge in [0.25, 0.3) is 0 Å². The minimum Gasteiger partial charge on any atom is -0.489 e. The van der Waals surface area contributed by atoms with Crippen molar-refractivity contribution in [2.24, 2.45) is 0 Å². The number of fused-ring (bicyclic) bond motifs is 6. The zero-order valence-electron chi connectivity index (χ0n) is 35.9. The Morgan fingerprint density at radius 1 is 0.273 bits per heavy atom. The number of rotatable bonds is 16. The Morgan fingerprint density at radius 2 is 0.545 bits per heavy atom. The second-order valence-electron chi connectivity index (χ2n) is 15.9. The molecule has 6 heteroatoms. The molecule has 0 spiro atoms. The normalized spacial score (nSPS) is 10.8. The van der Waals surface area contributed by atoms with E-state index in [0.717, 1.165) is 65.9 Å². The van der Waals surface area contributed by atoms with E-state index in [1.165, 1.54) is 5.56 Å². The summed E-state index contributed by atoms with van der Waals surface area (Å²) in [6.07, 6.45) is 0.685. The van der Waals surface area contributed by atoms with Crippen LogP contribution in [0, 0.1) is 0 Å². The third-order valence-corrected chi connectivity index (χ3v) is 11.4. The first-order chi connectivity index (χ1) is 31.7. The molecule has 0 radical (unpaired) electrons. The average molecular weight is 869 g/mol. The highest BCUT2D eigenvalue weighted by Gasteiger charge is 2.21. The largest absolute Gasteiger partial charge is 0.489 e. The maximum Gasteiger partial charge on any atom is 0.169 e. The van der Waals surface area contributed by atoms with Crippen LogP contribution in [0.2, 0.25) is 0 Å². The number of benzene rings is 10. The van der Waals surface area contributed by atoms with Gasteiger partial charge in [-0.3, -0.25) is 0 Å². The van der Waals surface area contributed by atoms with Crippen molar-refractivity contribution in [3.8, 4) is 34.5 Å². The van der Waals surface area contributed by atoms with Gasteiger partial charge in [0.2, 0.25) is 0 Å². The fourth-order valence-electron chi connectivity index (χ4n) is 8.14. The molecule has 328 valence electrons. The van der Waals surface area contributed by atoms with E-state index in [1.807, 2.05) is 103 Å². The van der Waals surface area contributed by atoms with Crippen molar-refractivity contribution in [2.45, 2.75) is 40.3 Å². The second-order valence-corrected chi connectivity index (χ2v) is 15.9. The summed E-state index contributed by atoms with van der Waals surface area (Å²) < 4.78 is 33.7. The van der Waals surface area contributed by atoms with Gasteiger partial charge in [0.15, 0.2) is 23.0 Å². The molecule has 0 saturated carbocycles. The van der Waals surface area contributed by atoms with Crippen LogP contribution in [0.1, 0.15) is 40.8 Å². The molecule has 0 fully saturated rings. The Bertz CT molecular complexity index is 3050. The van der Waals surface area contributed by atoms with Crippen LogP contribution in [0.5, 0.6) is 34.5 Å². The van der Waals surface area contributed by atoms with Crippen molar-refractivity contribution in [3.05, 3.63) is 252 Å². The monoisotopic (exact) mass is 868 g/mol. The molecule has 10 rings (SSSR count). The minimum atomic E-state index is 0. The minimum absolute atomic E-state index is 0. The van der Waals surface area contributed by atoms with Gasteiger partial charge >= 0.3 is 0 Å². The smallest absolute Gasteiger partial charge is 0.169 e. The maximum atomic E-state index is 6.81. The zero-order valence-corrected chi connectivity index (χ0v) is 35.9. The maximum absolute atomic E-state index is 6.81. The summed E-state index contributed by atoms with van der Waals surface area (Å²) in [6.45, 7) is 1.56. The van der Waals surface area contributed by atoms with Crippen molar-refractivity contribution in [2.75, 3.05) is 0 Å². The quantitative estimate of drug-likeness (QED) is 0.0904. The topological polar surface area (TPSA) is 77.7 Å². The van der Waals surface area contributed by atoms with Crippen LogP contribution in [0.4, 0.5) is 0 Å². The molecule has 2 N–H and O–H groups in total. The highest BCUT2D eigenvalue weighted by molar-refractivity contribution is 6.26. The van der Waals surface area contributed by atoms with Crippen molar-refractivity contribution < 1.29 is 29.2 Å². The van der Waals surface area contributed by atoms with Crippen LogP contribution in [0.25, 0.3) is 32.3 Å². The Balaban J connectivity index is 0.00000296. The molecule has 10 aromatic carbocycles. The standard InChI is InChI=1S/C59H46O5.CH4.H2O/c1-7-19-42(20-8-1)31-47-32-49-50(33-55(47)60-38-43-21-9-2-10-22-43)52-34-56(61-39-44-23-11-3-12-24-44)57(62-40-45-25-13-4-14-26-45)35-53(52)54-37-59(64-48-29-17-6-18-30-48)58(36-51(49)54)63-41-46-27-15-5-16-28-46;;/h1-30,32-37H,31,38-41H2;1H4;1H2. The Labute approximate surface area is 386 Å². The van der Waals surface area contributed by atoms with Crippen LogP contribution >= 0.6 is 0 Å². The van der Waals surface area contributed by atoms with E-state index in [9.17, 15) is 0 Å². The molecule has 0 bridgehead atoms. The van der Waals surface area contributed by atoms with E-state index in [-0.39, 0.29) is 12.9 Å². The van der Waals surface area contributed by atoms with E-state index in [1.54, 1.807) is 0 Å². The summed E-state index contributed by atoms with van der Waals surface area (Å²) in [4.78, 5) is 0. The molecule has 0 aliphatic rings. The van der Waals surface area contributed by atoms with Gasteiger partial charge in [-0.1, -0.05) is 177 Å². The van der Waals surface area contributed by atoms with Crippen LogP contribution in [0.3, 0.4) is 0 Å². The van der Waals surface area contributed by atoms with E-state index in [2.05, 4.69) is 115 Å². The molecule has 6 nitrogen and oxygen atoms in total. The zero-order chi connectivity index (χ0) is 42.9. The molecule has 0 aliphatic carbocycles. The second kappa shape index (κ2) is 21.1. The molecular formula is C60H52O6. The molecule has 0 aromatic heterocycles. The number of hydrogen-bond donors (Lipinski definition) is 0. The summed E-state index contributed by atoms with van der Waals surface area (Å²) >= 11 is 0. The van der Waals surface area contributed by atoms with Gasteiger partial charge in [0.05, 0.1) is 0 Å². The lowest BCUT2D eigenvalue weighted by Gasteiger charge is -2.21. The Kier molecular flexibility index (Phi) is 14.2. The third kappa shape index (κ3) is 10.3. The van der Waals surface area contributed by atoms with Crippen LogP contribution in [-0.2, 0) is 32.8 Å². The summed E-state index contributed by atoms with van der Waals surface area (Å²) in [6, 6.07) is 74.4. The van der Waals surface area contributed by atoms with E-state index >= 15 is 0 Å². The molecule has 0 aliphatic heterocycles. The van der Waals surface area contributed by atoms with E-state index in [4.69, 9.17) is 23.7 Å². The fraction of sp³-hybridized carbons (Fsp3) is 0.100. The number of para-hydroxylation sites is 1. The van der Waals surface area contributed by atoms with Gasteiger partial charge < -0.3 is 29.2 Å². The highest BCUT2D eigenvalue weighted by Crippen LogP contribution is 2.47. The first-order valence-electron chi connectivity index (χ1n) is 21.7. The first-order valence-corrected chi connectivity index (χ1v) is 21.7. The molecule has 66 heavy (non-hydrogen) atoms. The molecule has 0 unspecified atom stereocenters. The van der Waals surface area contributed by atoms with Gasteiger partial charge in [-0.2, -0.15) is 0 Å². The highest BCUT2D eigenvalue weighted by atomic mass is 16.5. The van der Waals surface area contributed by atoms with Crippen LogP contribution in [0.15, 0.2) is 218 Å². The predicted molar refractivity (Wildman–Crippen MR) is 268 cm³/mol. The lowest BCUT2D eigenvalue weighted by atomic mass is 9.91. The first kappa shape index (κ1) is 44.5. The SMILES string of the molecule is C.O.c1ccc(COc2cc3c(cc2Cc2ccccc2)c2cc(OCc4ccccc4)c(Oc4ccccc4)cc2c2cc(OCc4ccccc4)c(OCc4ccccc4)cc32)cc1. The van der Waals surface area contributed by atoms with Crippen LogP contribution in [-0.4, -0.2) is 5.48 Å². The summed E-state index contributed by atoms with van der Waals surface area (Å²) in [7, 11) is 0. The third-order valence-electron chi connectivity index (χ3n) is 11.4. The molecule has 0 amide bonds. The lowest BCUT2D eigenvalue weighted by molar-refractivity contribution is 0.256. The number of ether oxygens (including phenoxy) is 5. The van der Waals surface area contributed by atoms with Gasteiger partial charge in [-0.15, -0.1) is 0 Å². The molecular weight excluding hydrogens is 817 g/mol. The molecule has 0 atom stereocenters. The van der Waals surface area contributed by atoms with Gasteiger partial charge in [0.1, 0.15) is 37.9 Å². The molecule has 0 saturated heterocycles. The van der Waals surface area contributed by atoms with Crippen molar-refractivity contribution in [1.29, 1.82) is 0 Å². The van der Waals surface area contributed by atoms with Crippen LogP contribution < -0.4 is 23.7 Å². The van der Waals surface area contributed by atoms with Gasteiger partial charge in [0, 0.05) is 6.42 Å². The van der Waals surface area contributed by atoms with E-state index in [0.29, 0.717) is 61.6 Å². The Morgan fingerprint density at radius 3 is 0.924 bits per heavy atom. The Hall–Kier alpha value is -8.06. The van der Waals surface area contributed by atoms with E-state index < -0.39 is 0 Å². The molecule has 10 aromatic rings. The van der Waals surface area contributed by atoms with Crippen molar-refractivity contribution in [3.63, 3.8) is 0 Å². The molecule has 0 heterocycles. The summed E-state index contributed by atoms with van der Waals surface area (Å²) in [5, 5.41) is 6.06. The average Bonchev–Trinajstić information content (AvgIpc) is 3.36. The predicted octanol–water partition coefficient (Wildman–Crippen LogP) is 14.7. The van der Waals surface area contributed by atoms with Crippen molar-refractivity contribution in [1.82, 2.24) is 0 Å². The summed E-state index contributed by atoms with van der Waals surface area (Å²) in [5.74, 6) is 4.07. The van der Waals surface area contributed by atoms with Gasteiger partial charge in [-0.25, -0.2) is 0 Å². The lowest BCUT2D eigenvalue weighted by Crippen LogP contribution is -2.02. The van der Waals surface area contributed by atoms with Gasteiger partial charge in [-0.05, 0) is 114 Å². The van der Waals surface area contributed by atoms with Crippen molar-refractivity contribution >= 4 is 32.3 Å².